The van der Waals surface area contributed by atoms with E-state index >= 15 is 0 Å². The summed E-state index contributed by atoms with van der Waals surface area (Å²) in [6.45, 7) is 3.36. The van der Waals surface area contributed by atoms with Gasteiger partial charge in [-0.25, -0.2) is 0 Å². The van der Waals surface area contributed by atoms with Gasteiger partial charge < -0.3 is 45.4 Å². The van der Waals surface area contributed by atoms with Crippen LogP contribution in [0.2, 0.25) is 0 Å². The van der Waals surface area contributed by atoms with Crippen molar-refractivity contribution in [3.63, 3.8) is 0 Å². The molecule has 1 amide bonds. The molecular formula is C44H87NO9. The van der Waals surface area contributed by atoms with Crippen LogP contribution in [0.5, 0.6) is 0 Å². The number of amides is 1. The van der Waals surface area contributed by atoms with Crippen LogP contribution >= 0.6 is 0 Å². The van der Waals surface area contributed by atoms with Crippen molar-refractivity contribution in [1.82, 2.24) is 5.32 Å². The van der Waals surface area contributed by atoms with E-state index in [0.29, 0.717) is 12.8 Å². The topological polar surface area (TPSA) is 169 Å². The van der Waals surface area contributed by atoms with E-state index < -0.39 is 55.6 Å². The minimum absolute atomic E-state index is 0.265. The summed E-state index contributed by atoms with van der Waals surface area (Å²) in [7, 11) is 0. The van der Waals surface area contributed by atoms with E-state index in [1.807, 2.05) is 6.92 Å². The van der Waals surface area contributed by atoms with Crippen LogP contribution in [0.15, 0.2) is 0 Å². The molecule has 1 rings (SSSR count). The Hall–Kier alpha value is -0.850. The molecule has 54 heavy (non-hydrogen) atoms. The SMILES string of the molecule is CCCCCCCCCCCCCCCCCCCCCCCCCCCCCC(=O)N[C@@H](CO[C@H]1O[C@H](CO)[C@H](O)[C@H](O)[C@H]1O)[C@H](O)[C@H](O)CCCC. The lowest BCUT2D eigenvalue weighted by Crippen LogP contribution is -2.60. The zero-order valence-electron chi connectivity index (χ0n) is 34.9. The van der Waals surface area contributed by atoms with Crippen LogP contribution in [0.25, 0.3) is 0 Å². The van der Waals surface area contributed by atoms with E-state index in [9.17, 15) is 35.4 Å². The van der Waals surface area contributed by atoms with E-state index in [4.69, 9.17) is 9.47 Å². The fourth-order valence-corrected chi connectivity index (χ4v) is 7.54. The van der Waals surface area contributed by atoms with E-state index in [0.717, 1.165) is 25.7 Å². The summed E-state index contributed by atoms with van der Waals surface area (Å²) in [6.07, 6.45) is 28.5. The Morgan fingerprint density at radius 3 is 1.35 bits per heavy atom. The first-order valence-electron chi connectivity index (χ1n) is 22.8. The Morgan fingerprint density at radius 2 is 0.963 bits per heavy atom. The van der Waals surface area contributed by atoms with Crippen LogP contribution in [-0.4, -0.2) is 98.7 Å². The second-order valence-corrected chi connectivity index (χ2v) is 16.3. The molecule has 7 N–H and O–H groups in total. The zero-order chi connectivity index (χ0) is 39.7. The Labute approximate surface area is 330 Å². The number of rotatable bonds is 38. The highest BCUT2D eigenvalue weighted by atomic mass is 16.7. The maximum atomic E-state index is 12.8. The molecule has 0 saturated carbocycles. The molecule has 0 bridgehead atoms. The molecule has 0 aromatic rings. The predicted molar refractivity (Wildman–Crippen MR) is 218 cm³/mol. The van der Waals surface area contributed by atoms with Crippen LogP contribution in [-0.2, 0) is 14.3 Å². The zero-order valence-corrected chi connectivity index (χ0v) is 34.9. The molecule has 0 radical (unpaired) electrons. The molecule has 1 aliphatic rings. The predicted octanol–water partition coefficient (Wildman–Crippen LogP) is 8.14. The molecule has 0 unspecified atom stereocenters. The lowest BCUT2D eigenvalue weighted by atomic mass is 9.99. The summed E-state index contributed by atoms with van der Waals surface area (Å²) in [5, 5.41) is 63.9. The van der Waals surface area contributed by atoms with Gasteiger partial charge in [-0.1, -0.05) is 194 Å². The number of unbranched alkanes of at least 4 members (excludes halogenated alkanes) is 27. The van der Waals surface area contributed by atoms with Gasteiger partial charge in [-0.15, -0.1) is 0 Å². The van der Waals surface area contributed by atoms with E-state index in [1.165, 1.54) is 154 Å². The van der Waals surface area contributed by atoms with Crippen LogP contribution in [0, 0.1) is 0 Å². The third-order valence-corrected chi connectivity index (χ3v) is 11.3. The van der Waals surface area contributed by atoms with Crippen molar-refractivity contribution in [1.29, 1.82) is 0 Å². The minimum Gasteiger partial charge on any atom is -0.394 e. The van der Waals surface area contributed by atoms with Gasteiger partial charge in [-0.2, -0.15) is 0 Å². The van der Waals surface area contributed by atoms with Crippen molar-refractivity contribution in [3.05, 3.63) is 0 Å². The highest BCUT2D eigenvalue weighted by Gasteiger charge is 2.44. The van der Waals surface area contributed by atoms with Crippen molar-refractivity contribution >= 4 is 5.91 Å². The van der Waals surface area contributed by atoms with E-state index in [2.05, 4.69) is 12.2 Å². The van der Waals surface area contributed by atoms with Crippen LogP contribution in [0.1, 0.15) is 213 Å². The largest absolute Gasteiger partial charge is 0.394 e. The standard InChI is InChI=1S/C44H87NO9/c1-3-5-7-8-9-10-11-12-13-14-15-16-17-18-19-20-21-22-23-24-25-26-27-28-29-30-31-33-39(48)45-36(40(49)37(47)32-6-4-2)35-53-44-43(52)42(51)41(50)38(34-46)54-44/h36-38,40-44,46-47,49-52H,3-35H2,1-2H3,(H,45,48)/t36-,37+,38+,40-,41-,42-,43+,44-/m0/s1. The minimum atomic E-state index is -1.60. The maximum absolute atomic E-state index is 12.8. The summed E-state index contributed by atoms with van der Waals surface area (Å²) in [4.78, 5) is 12.8. The molecular weight excluding hydrogens is 686 g/mol. The summed E-state index contributed by atoms with van der Waals surface area (Å²) in [5.41, 5.74) is 0. The molecule has 1 heterocycles. The number of carbonyl (C=O) groups is 1. The van der Waals surface area contributed by atoms with Gasteiger partial charge in [0.1, 0.15) is 30.5 Å². The maximum Gasteiger partial charge on any atom is 0.220 e. The van der Waals surface area contributed by atoms with Gasteiger partial charge in [0.25, 0.3) is 0 Å². The van der Waals surface area contributed by atoms with Gasteiger partial charge >= 0.3 is 0 Å². The van der Waals surface area contributed by atoms with Gasteiger partial charge in [0, 0.05) is 6.42 Å². The summed E-state index contributed by atoms with van der Waals surface area (Å²) >= 11 is 0. The van der Waals surface area contributed by atoms with Crippen molar-refractivity contribution in [2.75, 3.05) is 13.2 Å². The van der Waals surface area contributed by atoms with Gasteiger partial charge in [0.2, 0.25) is 5.91 Å². The summed E-state index contributed by atoms with van der Waals surface area (Å²) in [6, 6.07) is -0.981. The molecule has 0 aromatic heterocycles. The molecule has 8 atom stereocenters. The molecule has 1 fully saturated rings. The molecule has 322 valence electrons. The molecule has 10 heteroatoms. The van der Waals surface area contributed by atoms with Gasteiger partial charge in [0.05, 0.1) is 25.4 Å². The van der Waals surface area contributed by atoms with Crippen LogP contribution in [0.3, 0.4) is 0 Å². The first kappa shape index (κ1) is 51.2. The molecule has 1 aliphatic heterocycles. The second-order valence-electron chi connectivity index (χ2n) is 16.3. The fraction of sp³-hybridized carbons (Fsp3) is 0.977. The summed E-state index contributed by atoms with van der Waals surface area (Å²) in [5.74, 6) is -0.265. The van der Waals surface area contributed by atoms with Crippen molar-refractivity contribution in [3.8, 4) is 0 Å². The third-order valence-electron chi connectivity index (χ3n) is 11.3. The van der Waals surface area contributed by atoms with Gasteiger partial charge in [-0.05, 0) is 12.8 Å². The van der Waals surface area contributed by atoms with E-state index in [1.54, 1.807) is 0 Å². The Morgan fingerprint density at radius 1 is 0.574 bits per heavy atom. The van der Waals surface area contributed by atoms with Crippen LogP contribution in [0.4, 0.5) is 0 Å². The fourth-order valence-electron chi connectivity index (χ4n) is 7.54. The lowest BCUT2D eigenvalue weighted by Gasteiger charge is -2.40. The number of hydrogen-bond donors (Lipinski definition) is 7. The first-order chi connectivity index (χ1) is 26.3. The van der Waals surface area contributed by atoms with E-state index in [-0.39, 0.29) is 18.9 Å². The lowest BCUT2D eigenvalue weighted by molar-refractivity contribution is -0.303. The van der Waals surface area contributed by atoms with Crippen molar-refractivity contribution < 1.29 is 44.9 Å². The Bertz CT molecular complexity index is 834. The number of carbonyl (C=O) groups excluding carboxylic acids is 1. The average Bonchev–Trinajstić information content (AvgIpc) is 3.17. The quantitative estimate of drug-likeness (QED) is 0.0306. The highest BCUT2D eigenvalue weighted by molar-refractivity contribution is 5.76. The first-order valence-corrected chi connectivity index (χ1v) is 22.8. The Kier molecular flexibility index (Phi) is 33.5. The smallest absolute Gasteiger partial charge is 0.220 e. The Balaban J connectivity index is 2.05. The monoisotopic (exact) mass is 774 g/mol. The normalized spacial score (nSPS) is 22.0. The van der Waals surface area contributed by atoms with Gasteiger partial charge in [-0.3, -0.25) is 4.79 Å². The van der Waals surface area contributed by atoms with Crippen LogP contribution < -0.4 is 5.32 Å². The average molecular weight is 774 g/mol. The second kappa shape index (κ2) is 35.3. The number of aliphatic hydroxyl groups is 6. The molecule has 0 spiro atoms. The number of aliphatic hydroxyl groups excluding tert-OH is 6. The molecule has 10 nitrogen and oxygen atoms in total. The highest BCUT2D eigenvalue weighted by Crippen LogP contribution is 2.23. The summed E-state index contributed by atoms with van der Waals surface area (Å²) < 4.78 is 11.0. The van der Waals surface area contributed by atoms with Crippen molar-refractivity contribution in [2.24, 2.45) is 0 Å². The third kappa shape index (κ3) is 25.4. The number of nitrogens with one attached hydrogen (secondary N) is 1. The van der Waals surface area contributed by atoms with Crippen molar-refractivity contribution in [2.45, 2.75) is 262 Å². The molecule has 0 aromatic carbocycles. The molecule has 0 aliphatic carbocycles. The number of hydrogen-bond acceptors (Lipinski definition) is 9. The molecule has 1 saturated heterocycles. The number of ether oxygens (including phenoxy) is 2. The van der Waals surface area contributed by atoms with Gasteiger partial charge in [0.15, 0.2) is 6.29 Å².